The molecular weight excluding hydrogens is 272 g/mol. The topological polar surface area (TPSA) is 56.2 Å². The number of benzene rings is 1. The van der Waals surface area contributed by atoms with Gasteiger partial charge in [-0.2, -0.15) is 4.52 Å². The standard InChI is InChI=1S/C14H10N4OS/c1-20-14-15-10-6-3-2-5-9(10)13-16-12(17-18(13)14)11-7-4-8-19-11/h2-8H,1H3. The Morgan fingerprint density at radius 2 is 2.00 bits per heavy atom. The number of fused-ring (bicyclic) bond motifs is 3. The van der Waals surface area contributed by atoms with Gasteiger partial charge in [-0.25, -0.2) is 9.97 Å². The number of hydrogen-bond acceptors (Lipinski definition) is 5. The highest BCUT2D eigenvalue weighted by Crippen LogP contribution is 2.25. The van der Waals surface area contributed by atoms with Gasteiger partial charge >= 0.3 is 0 Å². The van der Waals surface area contributed by atoms with Crippen LogP contribution in [0, 0.1) is 0 Å². The molecule has 0 saturated carbocycles. The van der Waals surface area contributed by atoms with Crippen LogP contribution in [0.2, 0.25) is 0 Å². The van der Waals surface area contributed by atoms with E-state index in [1.807, 2.05) is 42.7 Å². The van der Waals surface area contributed by atoms with Crippen LogP contribution in [-0.2, 0) is 0 Å². The summed E-state index contributed by atoms with van der Waals surface area (Å²) < 4.78 is 7.14. The third kappa shape index (κ3) is 1.61. The van der Waals surface area contributed by atoms with Crippen molar-refractivity contribution in [1.82, 2.24) is 19.6 Å². The Labute approximate surface area is 118 Å². The van der Waals surface area contributed by atoms with Gasteiger partial charge in [0, 0.05) is 5.39 Å². The van der Waals surface area contributed by atoms with Gasteiger partial charge < -0.3 is 4.42 Å². The Morgan fingerprint density at radius 3 is 2.80 bits per heavy atom. The molecule has 4 rings (SSSR count). The van der Waals surface area contributed by atoms with Gasteiger partial charge in [-0.3, -0.25) is 0 Å². The molecule has 3 heterocycles. The summed E-state index contributed by atoms with van der Waals surface area (Å²) in [5.74, 6) is 1.23. The number of nitrogens with zero attached hydrogens (tertiary/aromatic N) is 4. The van der Waals surface area contributed by atoms with Crippen molar-refractivity contribution in [1.29, 1.82) is 0 Å². The molecule has 20 heavy (non-hydrogen) atoms. The lowest BCUT2D eigenvalue weighted by Crippen LogP contribution is -1.97. The Kier molecular flexibility index (Phi) is 2.50. The van der Waals surface area contributed by atoms with Gasteiger partial charge in [0.15, 0.2) is 16.6 Å². The first-order chi connectivity index (χ1) is 9.86. The van der Waals surface area contributed by atoms with Gasteiger partial charge in [-0.1, -0.05) is 23.9 Å². The molecule has 0 amide bonds. The smallest absolute Gasteiger partial charge is 0.218 e. The van der Waals surface area contributed by atoms with Crippen LogP contribution < -0.4 is 0 Å². The van der Waals surface area contributed by atoms with Crippen molar-refractivity contribution in [3.8, 4) is 11.6 Å². The van der Waals surface area contributed by atoms with Crippen LogP contribution in [0.25, 0.3) is 28.1 Å². The van der Waals surface area contributed by atoms with Crippen molar-refractivity contribution >= 4 is 28.3 Å². The first-order valence-electron chi connectivity index (χ1n) is 6.10. The van der Waals surface area contributed by atoms with E-state index < -0.39 is 0 Å². The lowest BCUT2D eigenvalue weighted by Gasteiger charge is -2.02. The molecule has 0 aliphatic carbocycles. The van der Waals surface area contributed by atoms with Gasteiger partial charge in [0.2, 0.25) is 5.82 Å². The fraction of sp³-hybridized carbons (Fsp3) is 0.0714. The minimum absolute atomic E-state index is 0.573. The number of rotatable bonds is 2. The fourth-order valence-electron chi connectivity index (χ4n) is 2.17. The monoisotopic (exact) mass is 282 g/mol. The molecule has 0 spiro atoms. The van der Waals surface area contributed by atoms with Crippen molar-refractivity contribution in [3.63, 3.8) is 0 Å². The molecule has 0 unspecified atom stereocenters. The summed E-state index contributed by atoms with van der Waals surface area (Å²) in [5, 5.41) is 6.30. The fourth-order valence-corrected chi connectivity index (χ4v) is 2.66. The van der Waals surface area contributed by atoms with Crippen LogP contribution in [0.3, 0.4) is 0 Å². The highest BCUT2D eigenvalue weighted by molar-refractivity contribution is 7.98. The predicted molar refractivity (Wildman–Crippen MR) is 77.8 cm³/mol. The summed E-state index contributed by atoms with van der Waals surface area (Å²) in [6.45, 7) is 0. The third-order valence-corrected chi connectivity index (χ3v) is 3.70. The third-order valence-electron chi connectivity index (χ3n) is 3.07. The molecule has 0 N–H and O–H groups in total. The van der Waals surface area contributed by atoms with E-state index in [-0.39, 0.29) is 0 Å². The number of hydrogen-bond donors (Lipinski definition) is 0. The molecule has 6 heteroatoms. The largest absolute Gasteiger partial charge is 0.461 e. The Hall–Kier alpha value is -2.34. The summed E-state index contributed by atoms with van der Waals surface area (Å²) in [6, 6.07) is 11.6. The van der Waals surface area contributed by atoms with Crippen molar-refractivity contribution in [3.05, 3.63) is 42.7 Å². The number of aromatic nitrogens is 4. The van der Waals surface area contributed by atoms with Crippen LogP contribution in [0.1, 0.15) is 0 Å². The number of para-hydroxylation sites is 1. The molecule has 0 atom stereocenters. The van der Waals surface area contributed by atoms with Crippen LogP contribution in [0.4, 0.5) is 0 Å². The zero-order valence-corrected chi connectivity index (χ0v) is 11.5. The summed E-state index contributed by atoms with van der Waals surface area (Å²) in [6.07, 6.45) is 3.59. The second kappa shape index (κ2) is 4.35. The SMILES string of the molecule is CSc1nc2ccccc2c2nc(-c3ccco3)nn12. The Bertz CT molecular complexity index is 898. The van der Waals surface area contributed by atoms with Gasteiger partial charge in [-0.05, 0) is 30.5 Å². The molecule has 0 aliphatic heterocycles. The van der Waals surface area contributed by atoms with Gasteiger partial charge in [0.05, 0.1) is 11.8 Å². The maximum absolute atomic E-state index is 5.37. The van der Waals surface area contributed by atoms with E-state index in [0.717, 1.165) is 21.7 Å². The molecule has 0 aliphatic rings. The van der Waals surface area contributed by atoms with Crippen molar-refractivity contribution < 1.29 is 4.42 Å². The summed E-state index contributed by atoms with van der Waals surface area (Å²) in [7, 11) is 0. The van der Waals surface area contributed by atoms with E-state index >= 15 is 0 Å². The molecule has 4 aromatic rings. The average Bonchev–Trinajstić information content (AvgIpc) is 3.15. The molecule has 98 valence electrons. The lowest BCUT2D eigenvalue weighted by molar-refractivity contribution is 0.576. The van der Waals surface area contributed by atoms with Crippen LogP contribution in [0.5, 0.6) is 0 Å². The molecule has 3 aromatic heterocycles. The lowest BCUT2D eigenvalue weighted by atomic mass is 10.2. The normalized spacial score (nSPS) is 11.4. The minimum Gasteiger partial charge on any atom is -0.461 e. The molecule has 0 fully saturated rings. The molecule has 0 bridgehead atoms. The van der Waals surface area contributed by atoms with Gasteiger partial charge in [0.1, 0.15) is 0 Å². The van der Waals surface area contributed by atoms with Crippen molar-refractivity contribution in [2.45, 2.75) is 5.16 Å². The molecular formula is C14H10N4OS. The van der Waals surface area contributed by atoms with Crippen molar-refractivity contribution in [2.24, 2.45) is 0 Å². The highest BCUT2D eigenvalue weighted by atomic mass is 32.2. The van der Waals surface area contributed by atoms with Crippen LogP contribution >= 0.6 is 11.8 Å². The molecule has 0 saturated heterocycles. The highest BCUT2D eigenvalue weighted by Gasteiger charge is 2.14. The van der Waals surface area contributed by atoms with Gasteiger partial charge in [0.25, 0.3) is 0 Å². The zero-order valence-electron chi connectivity index (χ0n) is 10.6. The number of furan rings is 1. The number of thioether (sulfide) groups is 1. The van der Waals surface area contributed by atoms with E-state index in [4.69, 9.17) is 4.42 Å². The Morgan fingerprint density at radius 1 is 1.10 bits per heavy atom. The summed E-state index contributed by atoms with van der Waals surface area (Å²) >= 11 is 1.54. The summed E-state index contributed by atoms with van der Waals surface area (Å²) in [4.78, 5) is 9.21. The van der Waals surface area contributed by atoms with E-state index in [0.29, 0.717) is 11.6 Å². The van der Waals surface area contributed by atoms with E-state index in [1.54, 1.807) is 22.5 Å². The second-order valence-electron chi connectivity index (χ2n) is 4.26. The molecule has 0 radical (unpaired) electrons. The first kappa shape index (κ1) is 11.5. The first-order valence-corrected chi connectivity index (χ1v) is 7.32. The van der Waals surface area contributed by atoms with Crippen LogP contribution in [-0.4, -0.2) is 25.8 Å². The van der Waals surface area contributed by atoms with E-state index in [1.165, 1.54) is 0 Å². The van der Waals surface area contributed by atoms with Crippen molar-refractivity contribution in [2.75, 3.05) is 6.26 Å². The average molecular weight is 282 g/mol. The zero-order chi connectivity index (χ0) is 13.5. The maximum atomic E-state index is 5.37. The molecule has 5 nitrogen and oxygen atoms in total. The van der Waals surface area contributed by atoms with E-state index in [9.17, 15) is 0 Å². The van der Waals surface area contributed by atoms with E-state index in [2.05, 4.69) is 15.1 Å². The maximum Gasteiger partial charge on any atom is 0.218 e. The molecule has 1 aromatic carbocycles. The Balaban J connectivity index is 2.11. The predicted octanol–water partition coefficient (Wildman–Crippen LogP) is 3.26. The van der Waals surface area contributed by atoms with Crippen LogP contribution in [0.15, 0.2) is 52.2 Å². The summed E-state index contributed by atoms with van der Waals surface area (Å²) in [5.41, 5.74) is 1.72. The quantitative estimate of drug-likeness (QED) is 0.417. The minimum atomic E-state index is 0.573. The van der Waals surface area contributed by atoms with Gasteiger partial charge in [-0.15, -0.1) is 5.10 Å². The second-order valence-corrected chi connectivity index (χ2v) is 5.04.